The molecule has 0 aromatic heterocycles. The molecular formula is C11H16O2. The molecule has 0 amide bonds. The topological polar surface area (TPSA) is 32.8 Å². The third kappa shape index (κ3) is 4.53. The van der Waals surface area contributed by atoms with Crippen LogP contribution in [0.25, 0.3) is 0 Å². The third-order valence-electron chi connectivity index (χ3n) is 1.89. The van der Waals surface area contributed by atoms with E-state index in [9.17, 15) is 0 Å². The van der Waals surface area contributed by atoms with E-state index in [0.717, 1.165) is 6.61 Å². The predicted molar refractivity (Wildman–Crippen MR) is 52.9 cm³/mol. The Bertz CT molecular complexity index is 216. The summed E-state index contributed by atoms with van der Waals surface area (Å²) >= 11 is 0. The molecule has 2 nitrogen and oxygen atoms in total. The number of aromatic hydroxyl groups is 1. The molecule has 0 saturated carbocycles. The predicted octanol–water partition coefficient (Wildman–Crippen LogP) is 2.50. The van der Waals surface area contributed by atoms with Crippen LogP contribution in [0.4, 0.5) is 0 Å². The van der Waals surface area contributed by atoms with Crippen molar-refractivity contribution in [3.8, 4) is 5.75 Å². The average molecular weight is 180 g/mol. The lowest BCUT2D eigenvalue weighted by molar-refractivity contribution is 0.403. The Labute approximate surface area is 79.2 Å². The minimum absolute atomic E-state index is 0.329. The molecule has 0 bridgehead atoms. The zero-order valence-corrected chi connectivity index (χ0v) is 8.16. The summed E-state index contributed by atoms with van der Waals surface area (Å²) in [6.07, 6.45) is 1.83. The minimum atomic E-state index is 0.329. The molecule has 1 atom stereocenters. The van der Waals surface area contributed by atoms with E-state index in [-0.39, 0.29) is 0 Å². The smallest absolute Gasteiger partial charge is 0.115 e. The first-order valence-electron chi connectivity index (χ1n) is 4.59. The van der Waals surface area contributed by atoms with Crippen LogP contribution in [-0.2, 0) is 4.74 Å². The molecule has 1 fully saturated rings. The molecular weight excluding hydrogens is 164 g/mol. The van der Waals surface area contributed by atoms with Crippen LogP contribution in [0.15, 0.2) is 24.3 Å². The molecule has 1 unspecified atom stereocenters. The summed E-state index contributed by atoms with van der Waals surface area (Å²) in [7, 11) is 0. The van der Waals surface area contributed by atoms with E-state index >= 15 is 0 Å². The number of hydrogen-bond acceptors (Lipinski definition) is 2. The molecule has 1 N–H and O–H groups in total. The third-order valence-corrected chi connectivity index (χ3v) is 1.89. The second-order valence-electron chi connectivity index (χ2n) is 3.20. The van der Waals surface area contributed by atoms with Crippen LogP contribution in [0.1, 0.15) is 18.9 Å². The summed E-state index contributed by atoms with van der Waals surface area (Å²) in [4.78, 5) is 0. The fourth-order valence-corrected chi connectivity index (χ4v) is 0.849. The van der Waals surface area contributed by atoms with Crippen molar-refractivity contribution in [2.75, 3.05) is 6.61 Å². The van der Waals surface area contributed by atoms with Crippen molar-refractivity contribution in [3.05, 3.63) is 29.8 Å². The summed E-state index contributed by atoms with van der Waals surface area (Å²) in [5, 5.41) is 8.76. The van der Waals surface area contributed by atoms with Gasteiger partial charge in [-0.1, -0.05) is 24.6 Å². The molecule has 72 valence electrons. The van der Waals surface area contributed by atoms with E-state index in [1.54, 1.807) is 12.1 Å². The zero-order valence-electron chi connectivity index (χ0n) is 8.16. The fraction of sp³-hybridized carbons (Fsp3) is 0.455. The molecule has 13 heavy (non-hydrogen) atoms. The van der Waals surface area contributed by atoms with E-state index in [1.165, 1.54) is 12.0 Å². The lowest BCUT2D eigenvalue weighted by Gasteiger charge is -1.89. The van der Waals surface area contributed by atoms with Crippen molar-refractivity contribution in [2.45, 2.75) is 26.4 Å². The Kier molecular flexibility index (Phi) is 3.77. The van der Waals surface area contributed by atoms with Crippen LogP contribution in [0.2, 0.25) is 0 Å². The normalized spacial score (nSPS) is 18.8. The monoisotopic (exact) mass is 180 g/mol. The molecule has 1 saturated heterocycles. The van der Waals surface area contributed by atoms with Gasteiger partial charge in [-0.2, -0.15) is 0 Å². The number of benzene rings is 1. The van der Waals surface area contributed by atoms with Gasteiger partial charge in [0.25, 0.3) is 0 Å². The van der Waals surface area contributed by atoms with Gasteiger partial charge in [-0.25, -0.2) is 0 Å². The lowest BCUT2D eigenvalue weighted by atomic mass is 10.2. The summed E-state index contributed by atoms with van der Waals surface area (Å²) in [5.41, 5.74) is 1.17. The van der Waals surface area contributed by atoms with Gasteiger partial charge in [-0.15, -0.1) is 0 Å². The molecule has 2 heteroatoms. The molecule has 1 aliphatic rings. The van der Waals surface area contributed by atoms with Gasteiger partial charge in [0.1, 0.15) is 5.75 Å². The van der Waals surface area contributed by atoms with Crippen LogP contribution in [0.5, 0.6) is 5.75 Å². The summed E-state index contributed by atoms with van der Waals surface area (Å²) in [6.45, 7) is 5.13. The maximum Gasteiger partial charge on any atom is 0.115 e. The second kappa shape index (κ2) is 4.87. The van der Waals surface area contributed by atoms with Crippen LogP contribution in [0, 0.1) is 6.92 Å². The van der Waals surface area contributed by atoms with Gasteiger partial charge in [0.05, 0.1) is 12.7 Å². The quantitative estimate of drug-likeness (QED) is 0.673. The number of ether oxygens (including phenoxy) is 1. The largest absolute Gasteiger partial charge is 0.508 e. The van der Waals surface area contributed by atoms with Gasteiger partial charge in [-0.3, -0.25) is 0 Å². The van der Waals surface area contributed by atoms with E-state index in [1.807, 2.05) is 19.1 Å². The van der Waals surface area contributed by atoms with E-state index in [2.05, 4.69) is 6.92 Å². The maximum absolute atomic E-state index is 8.76. The van der Waals surface area contributed by atoms with Crippen molar-refractivity contribution in [2.24, 2.45) is 0 Å². The van der Waals surface area contributed by atoms with Crippen molar-refractivity contribution in [3.63, 3.8) is 0 Å². The highest BCUT2D eigenvalue weighted by molar-refractivity contribution is 5.24. The molecule has 0 spiro atoms. The number of hydrogen-bond donors (Lipinski definition) is 1. The molecule has 1 aliphatic heterocycles. The Morgan fingerprint density at radius 1 is 1.38 bits per heavy atom. The Morgan fingerprint density at radius 3 is 2.15 bits per heavy atom. The maximum atomic E-state index is 8.76. The summed E-state index contributed by atoms with van der Waals surface area (Å²) in [5.74, 6) is 0.329. The van der Waals surface area contributed by atoms with Crippen molar-refractivity contribution >= 4 is 0 Å². The molecule has 1 aromatic carbocycles. The van der Waals surface area contributed by atoms with Gasteiger partial charge >= 0.3 is 0 Å². The van der Waals surface area contributed by atoms with Gasteiger partial charge in [0.2, 0.25) is 0 Å². The molecule has 2 rings (SSSR count). The first-order valence-corrected chi connectivity index (χ1v) is 4.59. The van der Waals surface area contributed by atoms with Gasteiger partial charge in [0.15, 0.2) is 0 Å². The van der Waals surface area contributed by atoms with Crippen molar-refractivity contribution in [1.29, 1.82) is 0 Å². The Balaban J connectivity index is 0.000000145. The van der Waals surface area contributed by atoms with Crippen LogP contribution >= 0.6 is 0 Å². The van der Waals surface area contributed by atoms with Gasteiger partial charge < -0.3 is 9.84 Å². The van der Waals surface area contributed by atoms with Crippen LogP contribution < -0.4 is 0 Å². The number of phenols is 1. The fourth-order valence-electron chi connectivity index (χ4n) is 0.849. The highest BCUT2D eigenvalue weighted by atomic mass is 16.6. The van der Waals surface area contributed by atoms with E-state index in [0.29, 0.717) is 11.9 Å². The highest BCUT2D eigenvalue weighted by Gasteiger charge is 2.18. The lowest BCUT2D eigenvalue weighted by Crippen LogP contribution is -1.73. The van der Waals surface area contributed by atoms with E-state index in [4.69, 9.17) is 9.84 Å². The van der Waals surface area contributed by atoms with Crippen molar-refractivity contribution < 1.29 is 9.84 Å². The molecule has 0 aliphatic carbocycles. The van der Waals surface area contributed by atoms with Gasteiger partial charge in [-0.05, 0) is 25.5 Å². The number of phenolic OH excluding ortho intramolecular Hbond substituents is 1. The van der Waals surface area contributed by atoms with E-state index < -0.39 is 0 Å². The van der Waals surface area contributed by atoms with Crippen molar-refractivity contribution in [1.82, 2.24) is 0 Å². The molecule has 0 radical (unpaired) electrons. The number of aryl methyl sites for hydroxylation is 1. The van der Waals surface area contributed by atoms with Crippen LogP contribution in [-0.4, -0.2) is 17.8 Å². The molecule has 1 heterocycles. The average Bonchev–Trinajstić information content (AvgIpc) is 2.94. The molecule has 1 aromatic rings. The number of rotatable bonds is 1. The minimum Gasteiger partial charge on any atom is -0.508 e. The summed E-state index contributed by atoms with van der Waals surface area (Å²) < 4.78 is 4.86. The zero-order chi connectivity index (χ0) is 9.68. The summed E-state index contributed by atoms with van der Waals surface area (Å²) in [6, 6.07) is 7.09. The Morgan fingerprint density at radius 2 is 1.92 bits per heavy atom. The number of epoxide rings is 1. The highest BCUT2D eigenvalue weighted by Crippen LogP contribution is 2.10. The second-order valence-corrected chi connectivity index (χ2v) is 3.20. The first-order chi connectivity index (χ1) is 6.22. The van der Waals surface area contributed by atoms with Gasteiger partial charge in [0, 0.05) is 0 Å². The standard InChI is InChI=1S/C7H8O.C4H8O/c1-6-2-4-7(8)5-3-6;1-2-4-3-5-4/h2-5,8H,1H3;4H,2-3H2,1H3. The Hall–Kier alpha value is -1.02. The first kappa shape index (κ1) is 10.1. The van der Waals surface area contributed by atoms with Crippen LogP contribution in [0.3, 0.4) is 0 Å². The SMILES string of the molecule is CCC1CO1.Cc1ccc(O)cc1.